The fourth-order valence-electron chi connectivity index (χ4n) is 7.98. The molecule has 4 rings (SSSR count). The van der Waals surface area contributed by atoms with Crippen molar-refractivity contribution in [3.8, 4) is 0 Å². The minimum atomic E-state index is -2.07. The molecular formula is C31H45Ac2NO11. The Morgan fingerprint density at radius 2 is 1.67 bits per heavy atom. The molecule has 0 aromatic heterocycles. The van der Waals surface area contributed by atoms with E-state index < -0.39 is 88.1 Å². The predicted octanol–water partition coefficient (Wildman–Crippen LogP) is 0.629. The molecule has 0 aromatic carbocycles. The fourth-order valence-corrected chi connectivity index (χ4v) is 7.98. The van der Waals surface area contributed by atoms with Crippen molar-refractivity contribution in [3.63, 3.8) is 0 Å². The van der Waals surface area contributed by atoms with E-state index in [1.165, 1.54) is 13.0 Å². The molecule has 1 amide bonds. The van der Waals surface area contributed by atoms with E-state index in [2.05, 4.69) is 5.32 Å². The Kier molecular flexibility index (Phi) is 13.4. The Labute approximate surface area is 335 Å². The zero-order chi connectivity index (χ0) is 32.4. The number of hydrogen-bond acceptors (Lipinski definition) is 11. The van der Waals surface area contributed by atoms with Gasteiger partial charge >= 0.3 is 11.9 Å². The zero-order valence-corrected chi connectivity index (χ0v) is 36.7. The van der Waals surface area contributed by atoms with Crippen molar-refractivity contribution in [1.29, 1.82) is 0 Å². The van der Waals surface area contributed by atoms with Crippen LogP contribution in [0.25, 0.3) is 0 Å². The van der Waals surface area contributed by atoms with E-state index in [9.17, 15) is 39.6 Å². The maximum Gasteiger partial charge on any atom is 0.338 e. The third-order valence-electron chi connectivity index (χ3n) is 10.3. The van der Waals surface area contributed by atoms with Gasteiger partial charge in [-0.1, -0.05) is 32.4 Å². The first kappa shape index (κ1) is 41.4. The molecule has 10 atom stereocenters. The average molecular weight is 1060 g/mol. The Hall–Kier alpha value is 0.243. The molecule has 4 aliphatic rings. The Morgan fingerprint density at radius 1 is 1.07 bits per heavy atom. The van der Waals surface area contributed by atoms with Gasteiger partial charge in [0.1, 0.15) is 29.5 Å². The van der Waals surface area contributed by atoms with E-state index in [0.717, 1.165) is 12.5 Å². The van der Waals surface area contributed by atoms with Crippen molar-refractivity contribution in [2.24, 2.45) is 16.7 Å². The van der Waals surface area contributed by atoms with Gasteiger partial charge < -0.3 is 40.0 Å². The molecule has 3 fully saturated rings. The van der Waals surface area contributed by atoms with Gasteiger partial charge in [-0.2, -0.15) is 0 Å². The Morgan fingerprint density at radius 3 is 2.16 bits per heavy atom. The number of carbonyl (C=O) groups is 4. The van der Waals surface area contributed by atoms with E-state index in [-0.39, 0.29) is 113 Å². The third kappa shape index (κ3) is 6.99. The summed E-state index contributed by atoms with van der Waals surface area (Å²) in [6.07, 6.45) is -5.26. The molecular weight excluding hydrogens is 1020 g/mol. The number of ether oxygens (including phenoxy) is 3. The number of ketones is 1. The van der Waals surface area contributed by atoms with Crippen LogP contribution < -0.4 is 5.32 Å². The second-order valence-electron chi connectivity index (χ2n) is 13.7. The number of fused-ring (bicyclic) bond motifs is 5. The van der Waals surface area contributed by atoms with Crippen LogP contribution in [0.4, 0.5) is 0 Å². The maximum absolute atomic E-state index is 14.2. The molecule has 1 heterocycles. The van der Waals surface area contributed by atoms with Crippen LogP contribution in [0.3, 0.4) is 0 Å². The smallest absolute Gasteiger partial charge is 0.338 e. The number of aliphatic hydroxyl groups is 4. The van der Waals surface area contributed by atoms with Crippen molar-refractivity contribution in [2.45, 2.75) is 122 Å². The molecule has 14 heteroatoms. The number of Topliss-reactive ketones (excluding diaryl/α,β-unsaturated/α-hetero) is 1. The molecule has 5 N–H and O–H groups in total. The summed E-state index contributed by atoms with van der Waals surface area (Å²) in [6.45, 7) is 12.1. The second-order valence-corrected chi connectivity index (χ2v) is 13.7. The topological polar surface area (TPSA) is 189 Å². The van der Waals surface area contributed by atoms with E-state index >= 15 is 0 Å². The Bertz CT molecular complexity index is 1280. The molecule has 0 aromatic rings. The first-order valence-corrected chi connectivity index (χ1v) is 14.7. The number of esters is 2. The minimum Gasteiger partial charge on any atom is -0.459 e. The Balaban J connectivity index is 0.00000353. The number of rotatable bonds is 6. The van der Waals surface area contributed by atoms with Gasteiger partial charge in [0.25, 0.3) is 0 Å². The predicted molar refractivity (Wildman–Crippen MR) is 151 cm³/mol. The number of aliphatic hydroxyl groups excluding tert-OH is 2. The summed E-state index contributed by atoms with van der Waals surface area (Å²) in [4.78, 5) is 51.9. The van der Waals surface area contributed by atoms with E-state index in [1.807, 2.05) is 0 Å². The average Bonchev–Trinajstić information content (AvgIpc) is 2.87. The summed E-state index contributed by atoms with van der Waals surface area (Å²) in [7, 11) is 0. The van der Waals surface area contributed by atoms with E-state index in [4.69, 9.17) is 14.2 Å². The summed E-state index contributed by atoms with van der Waals surface area (Å²) in [5.74, 6) is -4.13. The quantitative estimate of drug-likeness (QED) is 0.186. The van der Waals surface area contributed by atoms with Crippen molar-refractivity contribution in [1.82, 2.24) is 5.32 Å². The molecule has 2 radical (unpaired) electrons. The fraction of sp³-hybridized carbons (Fsp3) is 0.742. The van der Waals surface area contributed by atoms with Crippen LogP contribution in [0.5, 0.6) is 0 Å². The van der Waals surface area contributed by atoms with Crippen LogP contribution in [0.2, 0.25) is 0 Å². The van der Waals surface area contributed by atoms with Crippen molar-refractivity contribution < 1.29 is 142 Å². The van der Waals surface area contributed by atoms with Crippen molar-refractivity contribution in [3.05, 3.63) is 22.8 Å². The number of carbonyl (C=O) groups excluding carboxylic acids is 4. The van der Waals surface area contributed by atoms with Gasteiger partial charge in [-0.15, -0.1) is 0 Å². The van der Waals surface area contributed by atoms with Gasteiger partial charge in [0, 0.05) is 125 Å². The van der Waals surface area contributed by atoms with Crippen molar-refractivity contribution in [2.75, 3.05) is 6.61 Å². The summed E-state index contributed by atoms with van der Waals surface area (Å²) in [5, 5.41) is 49.7. The number of amides is 1. The summed E-state index contributed by atoms with van der Waals surface area (Å²) < 4.78 is 17.2. The van der Waals surface area contributed by atoms with Gasteiger partial charge in [-0.3, -0.25) is 14.4 Å². The van der Waals surface area contributed by atoms with Crippen molar-refractivity contribution >= 4 is 23.6 Å². The first-order chi connectivity index (χ1) is 19.7. The molecule has 3 aliphatic carbocycles. The van der Waals surface area contributed by atoms with Crippen LogP contribution in [-0.2, 0) is 33.4 Å². The van der Waals surface area contributed by atoms with E-state index in [0.29, 0.717) is 12.0 Å². The number of nitrogens with one attached hydrogen (secondary N) is 1. The van der Waals surface area contributed by atoms with Gasteiger partial charge in [-0.05, 0) is 44.8 Å². The monoisotopic (exact) mass is 1060 g/mol. The SMILES string of the molecule is CC(=O)N[C@@H](C=C(C)C)[C@@H](O)C(=O)OC1C[C@@]2(O)[C@@H](OC(C)=O)[C@@H]3[C@]4(O)CO[C@@H]4CC[C@@]3(C)C(=O)[C@H](O)C(=C1C)C2(C)C.[Ac].[Ac]. The molecule has 2 bridgehead atoms. The zero-order valence-electron chi connectivity index (χ0n) is 27.2. The summed E-state index contributed by atoms with van der Waals surface area (Å²) >= 11 is 0. The summed E-state index contributed by atoms with van der Waals surface area (Å²) in [6, 6.07) is -1.11. The normalized spacial score (nSPS) is 37.7. The largest absolute Gasteiger partial charge is 0.459 e. The summed E-state index contributed by atoms with van der Waals surface area (Å²) in [5.41, 5.74) is -5.39. The molecule has 1 saturated heterocycles. The molecule has 12 nitrogen and oxygen atoms in total. The third-order valence-corrected chi connectivity index (χ3v) is 10.3. The molecule has 0 spiro atoms. The van der Waals surface area contributed by atoms with Crippen LogP contribution >= 0.6 is 0 Å². The molecule has 45 heavy (non-hydrogen) atoms. The van der Waals surface area contributed by atoms with Crippen LogP contribution in [-0.4, -0.2) is 98.4 Å². The second kappa shape index (κ2) is 14.6. The van der Waals surface area contributed by atoms with Gasteiger partial charge in [0.05, 0.1) is 18.8 Å². The van der Waals surface area contributed by atoms with Crippen LogP contribution in [0, 0.1) is 105 Å². The molecule has 246 valence electrons. The van der Waals surface area contributed by atoms with Crippen LogP contribution in [0.1, 0.15) is 74.7 Å². The van der Waals surface area contributed by atoms with Gasteiger partial charge in [0.15, 0.2) is 11.9 Å². The molecule has 2 saturated carbocycles. The number of allylic oxidation sites excluding steroid dienone is 1. The van der Waals surface area contributed by atoms with Gasteiger partial charge in [-0.25, -0.2) is 4.79 Å². The molecule has 1 aliphatic heterocycles. The minimum absolute atomic E-state index is 0. The van der Waals surface area contributed by atoms with E-state index in [1.54, 1.807) is 41.5 Å². The first-order valence-electron chi connectivity index (χ1n) is 14.7. The van der Waals surface area contributed by atoms with Gasteiger partial charge in [0.2, 0.25) is 5.91 Å². The standard InChI is InChI=1S/C31H45NO11.2Ac/c1-14(2)11-18(32-16(4)33)22(35)27(38)43-19-12-31(40)26(42-17(5)34)24-29(8,10-9-20-30(24,39)13-41-20)25(37)23(36)21(15(19)3)28(31,6)7;;/h11,18-20,22-24,26,35-36,39-40H,9-10,12-13H2,1-8H3,(H,32,33);;/t18-,19?,20+,22+,23+,24-,26-,29+,30-,31+;;/m0../s1. The maximum atomic E-state index is 14.2. The number of hydrogen-bond donors (Lipinski definition) is 5. The van der Waals surface area contributed by atoms with Crippen LogP contribution in [0.15, 0.2) is 22.8 Å². The molecule has 1 unspecified atom stereocenters.